The molecule has 1 saturated heterocycles. The second kappa shape index (κ2) is 4.80. The van der Waals surface area contributed by atoms with Crippen LogP contribution in [0.1, 0.15) is 19.4 Å². The molecule has 0 amide bonds. The van der Waals surface area contributed by atoms with E-state index >= 15 is 0 Å². The zero-order chi connectivity index (χ0) is 13.3. The Morgan fingerprint density at radius 1 is 1.17 bits per heavy atom. The van der Waals surface area contributed by atoms with Gasteiger partial charge in [0.25, 0.3) is 0 Å². The fourth-order valence-corrected chi connectivity index (χ4v) is 2.22. The molecule has 0 saturated carbocycles. The van der Waals surface area contributed by atoms with Crippen LogP contribution in [-0.2, 0) is 6.18 Å². The Bertz CT molecular complexity index is 400. The van der Waals surface area contributed by atoms with Crippen molar-refractivity contribution in [3.63, 3.8) is 0 Å². The number of halogens is 3. The third-order valence-electron chi connectivity index (χ3n) is 3.29. The molecule has 0 aromatic heterocycles. The molecule has 0 spiro atoms. The third-order valence-corrected chi connectivity index (χ3v) is 3.29. The fourth-order valence-electron chi connectivity index (χ4n) is 2.22. The average Bonchev–Trinajstić information content (AvgIpc) is 2.31. The molecular formula is C13H17F3N2. The summed E-state index contributed by atoms with van der Waals surface area (Å²) < 4.78 is 37.4. The molecule has 18 heavy (non-hydrogen) atoms. The van der Waals surface area contributed by atoms with Gasteiger partial charge in [-0.1, -0.05) is 0 Å². The maximum Gasteiger partial charge on any atom is 0.416 e. The number of nitrogens with one attached hydrogen (secondary N) is 1. The lowest BCUT2D eigenvalue weighted by Gasteiger charge is -2.39. The molecule has 0 aliphatic carbocycles. The van der Waals surface area contributed by atoms with Crippen LogP contribution in [0.3, 0.4) is 0 Å². The van der Waals surface area contributed by atoms with Crippen LogP contribution in [0.25, 0.3) is 0 Å². The van der Waals surface area contributed by atoms with Crippen LogP contribution < -0.4 is 10.2 Å². The maximum absolute atomic E-state index is 12.5. The molecule has 2 atom stereocenters. The molecule has 1 N–H and O–H groups in total. The Hall–Kier alpha value is -1.23. The van der Waals surface area contributed by atoms with Crippen molar-refractivity contribution in [2.75, 3.05) is 18.0 Å². The molecule has 1 aliphatic rings. The lowest BCUT2D eigenvalue weighted by atomic mass is 10.1. The van der Waals surface area contributed by atoms with Crippen molar-refractivity contribution in [1.82, 2.24) is 5.32 Å². The van der Waals surface area contributed by atoms with Gasteiger partial charge in [0, 0.05) is 30.9 Å². The number of hydrogen-bond acceptors (Lipinski definition) is 2. The van der Waals surface area contributed by atoms with E-state index < -0.39 is 11.7 Å². The van der Waals surface area contributed by atoms with E-state index in [4.69, 9.17) is 0 Å². The highest BCUT2D eigenvalue weighted by Gasteiger charge is 2.30. The molecule has 1 aromatic carbocycles. The summed E-state index contributed by atoms with van der Waals surface area (Å²) in [4.78, 5) is 2.14. The van der Waals surface area contributed by atoms with E-state index in [9.17, 15) is 13.2 Å². The fraction of sp³-hybridized carbons (Fsp3) is 0.538. The van der Waals surface area contributed by atoms with Crippen LogP contribution in [0.5, 0.6) is 0 Å². The highest BCUT2D eigenvalue weighted by molar-refractivity contribution is 5.49. The Morgan fingerprint density at radius 3 is 2.33 bits per heavy atom. The number of hydrogen-bond donors (Lipinski definition) is 1. The van der Waals surface area contributed by atoms with Crippen LogP contribution in [0.15, 0.2) is 24.3 Å². The summed E-state index contributed by atoms with van der Waals surface area (Å²) in [5, 5.41) is 3.35. The van der Waals surface area contributed by atoms with Gasteiger partial charge in [-0.05, 0) is 38.1 Å². The quantitative estimate of drug-likeness (QED) is 0.833. The Morgan fingerprint density at radius 2 is 1.78 bits per heavy atom. The summed E-state index contributed by atoms with van der Waals surface area (Å²) in [7, 11) is 0. The van der Waals surface area contributed by atoms with E-state index in [2.05, 4.69) is 24.1 Å². The molecule has 1 fully saturated rings. The van der Waals surface area contributed by atoms with E-state index in [-0.39, 0.29) is 6.04 Å². The molecular weight excluding hydrogens is 241 g/mol. The molecule has 100 valence electrons. The Balaban J connectivity index is 2.18. The number of piperazine rings is 1. The van der Waals surface area contributed by atoms with E-state index in [1.807, 2.05) is 0 Å². The first-order valence-corrected chi connectivity index (χ1v) is 6.05. The van der Waals surface area contributed by atoms with Crippen LogP contribution in [0.2, 0.25) is 0 Å². The maximum atomic E-state index is 12.5. The summed E-state index contributed by atoms with van der Waals surface area (Å²) >= 11 is 0. The van der Waals surface area contributed by atoms with Crippen LogP contribution in [0, 0.1) is 0 Å². The monoisotopic (exact) mass is 258 g/mol. The molecule has 1 aliphatic heterocycles. The number of benzene rings is 1. The van der Waals surface area contributed by atoms with Gasteiger partial charge in [-0.2, -0.15) is 13.2 Å². The predicted molar refractivity (Wildman–Crippen MR) is 65.7 cm³/mol. The van der Waals surface area contributed by atoms with Gasteiger partial charge in [-0.3, -0.25) is 0 Å². The van der Waals surface area contributed by atoms with E-state index in [0.717, 1.165) is 30.9 Å². The lowest BCUT2D eigenvalue weighted by Crippen LogP contribution is -2.54. The Kier molecular flexibility index (Phi) is 3.52. The van der Waals surface area contributed by atoms with E-state index in [1.54, 1.807) is 12.1 Å². The topological polar surface area (TPSA) is 15.3 Å². The standard InChI is InChI=1S/C13H17F3N2/c1-9-8-18(10(2)7-17-9)12-5-3-11(4-6-12)13(14,15)16/h3-6,9-10,17H,7-8H2,1-2H3/t9-,10+/m0/s1. The minimum Gasteiger partial charge on any atom is -0.366 e. The van der Waals surface area contributed by atoms with E-state index in [1.165, 1.54) is 0 Å². The highest BCUT2D eigenvalue weighted by atomic mass is 19.4. The SMILES string of the molecule is C[C@@H]1CN[C@@H](C)CN1c1ccc(C(F)(F)F)cc1. The molecule has 5 heteroatoms. The first-order chi connectivity index (χ1) is 8.38. The summed E-state index contributed by atoms with van der Waals surface area (Å²) in [6, 6.07) is 6.04. The van der Waals surface area contributed by atoms with Gasteiger partial charge in [0.15, 0.2) is 0 Å². The second-order valence-corrected chi connectivity index (χ2v) is 4.86. The average molecular weight is 258 g/mol. The minimum absolute atomic E-state index is 0.290. The summed E-state index contributed by atoms with van der Waals surface area (Å²) in [6.45, 7) is 5.80. The molecule has 0 bridgehead atoms. The number of anilines is 1. The number of alkyl halides is 3. The summed E-state index contributed by atoms with van der Waals surface area (Å²) in [5.41, 5.74) is 0.255. The Labute approximate surface area is 105 Å². The van der Waals surface area contributed by atoms with Crippen molar-refractivity contribution in [3.8, 4) is 0 Å². The molecule has 2 nitrogen and oxygen atoms in total. The first-order valence-electron chi connectivity index (χ1n) is 6.05. The van der Waals surface area contributed by atoms with Crippen LogP contribution in [0.4, 0.5) is 18.9 Å². The normalized spacial score (nSPS) is 25.3. The van der Waals surface area contributed by atoms with Crippen molar-refractivity contribution < 1.29 is 13.2 Å². The van der Waals surface area contributed by atoms with Gasteiger partial charge in [0.1, 0.15) is 0 Å². The highest BCUT2D eigenvalue weighted by Crippen LogP contribution is 2.31. The lowest BCUT2D eigenvalue weighted by molar-refractivity contribution is -0.137. The van der Waals surface area contributed by atoms with Crippen LogP contribution >= 0.6 is 0 Å². The van der Waals surface area contributed by atoms with Gasteiger partial charge in [-0.25, -0.2) is 0 Å². The smallest absolute Gasteiger partial charge is 0.366 e. The van der Waals surface area contributed by atoms with Gasteiger partial charge in [-0.15, -0.1) is 0 Å². The van der Waals surface area contributed by atoms with Gasteiger partial charge in [0.2, 0.25) is 0 Å². The van der Waals surface area contributed by atoms with Crippen molar-refractivity contribution in [1.29, 1.82) is 0 Å². The summed E-state index contributed by atoms with van der Waals surface area (Å²) in [5.74, 6) is 0. The largest absolute Gasteiger partial charge is 0.416 e. The van der Waals surface area contributed by atoms with Crippen molar-refractivity contribution >= 4 is 5.69 Å². The number of rotatable bonds is 1. The van der Waals surface area contributed by atoms with Crippen molar-refractivity contribution in [2.45, 2.75) is 32.1 Å². The van der Waals surface area contributed by atoms with Crippen molar-refractivity contribution in [2.24, 2.45) is 0 Å². The first kappa shape index (κ1) is 13.2. The van der Waals surface area contributed by atoms with Gasteiger partial charge < -0.3 is 10.2 Å². The van der Waals surface area contributed by atoms with Gasteiger partial charge in [0.05, 0.1) is 5.56 Å². The van der Waals surface area contributed by atoms with E-state index in [0.29, 0.717) is 6.04 Å². The van der Waals surface area contributed by atoms with Crippen molar-refractivity contribution in [3.05, 3.63) is 29.8 Å². The van der Waals surface area contributed by atoms with Gasteiger partial charge >= 0.3 is 6.18 Å². The molecule has 0 radical (unpaired) electrons. The zero-order valence-corrected chi connectivity index (χ0v) is 10.5. The second-order valence-electron chi connectivity index (χ2n) is 4.86. The number of nitrogens with zero attached hydrogens (tertiary/aromatic N) is 1. The third kappa shape index (κ3) is 2.77. The minimum atomic E-state index is -4.26. The van der Waals surface area contributed by atoms with Crippen LogP contribution in [-0.4, -0.2) is 25.2 Å². The molecule has 2 rings (SSSR count). The molecule has 1 heterocycles. The predicted octanol–water partition coefficient (Wildman–Crippen LogP) is 2.89. The molecule has 0 unspecified atom stereocenters. The zero-order valence-electron chi connectivity index (χ0n) is 10.5. The molecule has 1 aromatic rings. The summed E-state index contributed by atoms with van der Waals surface area (Å²) in [6.07, 6.45) is -4.26.